The summed E-state index contributed by atoms with van der Waals surface area (Å²) in [5, 5.41) is 41.6. The van der Waals surface area contributed by atoms with Gasteiger partial charge in [0.2, 0.25) is 11.7 Å². The lowest BCUT2D eigenvalue weighted by atomic mass is 10.0. The monoisotopic (exact) mass is 583 g/mol. The first kappa shape index (κ1) is 27.9. The van der Waals surface area contributed by atoms with Crippen LogP contribution < -0.4 is 21.0 Å². The number of benzene rings is 2. The Balaban J connectivity index is 1.44. The maximum Gasteiger partial charge on any atom is 0.323 e. The van der Waals surface area contributed by atoms with E-state index in [1.54, 1.807) is 60.7 Å². The highest BCUT2D eigenvalue weighted by Crippen LogP contribution is 2.25. The maximum absolute atomic E-state index is 13.3. The van der Waals surface area contributed by atoms with Crippen molar-refractivity contribution in [1.29, 1.82) is 0 Å². The third-order valence-corrected chi connectivity index (χ3v) is 6.96. The molecule has 0 spiro atoms. The van der Waals surface area contributed by atoms with E-state index in [9.17, 15) is 34.5 Å². The van der Waals surface area contributed by atoms with Crippen molar-refractivity contribution in [3.63, 3.8) is 0 Å². The Morgan fingerprint density at radius 1 is 0.929 bits per heavy atom. The average molecular weight is 584 g/mol. The fourth-order valence-corrected chi connectivity index (χ4v) is 4.95. The van der Waals surface area contributed by atoms with Gasteiger partial charge in [0.05, 0.1) is 10.9 Å². The molecule has 210 valence electrons. The molecule has 11 nitrogen and oxygen atoms in total. The Bertz CT molecular complexity index is 2130. The van der Waals surface area contributed by atoms with E-state index < -0.39 is 42.5 Å². The molecule has 0 saturated heterocycles. The topological polar surface area (TPSA) is 171 Å². The average Bonchev–Trinajstić information content (AvgIpc) is 3.31. The van der Waals surface area contributed by atoms with Crippen LogP contribution in [0.4, 0.5) is 0 Å². The summed E-state index contributed by atoms with van der Waals surface area (Å²) in [6.45, 7) is -1.22. The fraction of sp³-hybridized carbons (Fsp3) is 0.0667. The molecule has 12 heteroatoms. The largest absolute Gasteiger partial charge is 0.506 e. The molecule has 1 aliphatic heterocycles. The van der Waals surface area contributed by atoms with E-state index >= 15 is 0 Å². The molecule has 1 aliphatic carbocycles. The van der Waals surface area contributed by atoms with Crippen LogP contribution in [0, 0.1) is 4.77 Å². The molecule has 0 unspecified atom stereocenters. The van der Waals surface area contributed by atoms with Gasteiger partial charge in [-0.3, -0.25) is 23.7 Å². The number of aliphatic carboxylic acids is 2. The molecule has 0 radical (unpaired) electrons. The highest BCUT2D eigenvalue weighted by Gasteiger charge is 2.32. The van der Waals surface area contributed by atoms with Crippen molar-refractivity contribution < 1.29 is 39.6 Å². The number of aromatic hydroxyl groups is 1. The van der Waals surface area contributed by atoms with Gasteiger partial charge >= 0.3 is 11.9 Å². The number of carbonyl (C=O) groups is 4. The molecule has 2 heterocycles. The molecular weight excluding hydrogens is 562 g/mol. The molecule has 42 heavy (non-hydrogen) atoms. The number of aliphatic hydroxyl groups is 1. The Kier molecular flexibility index (Phi) is 7.38. The van der Waals surface area contributed by atoms with Crippen LogP contribution in [-0.2, 0) is 27.5 Å². The van der Waals surface area contributed by atoms with Crippen LogP contribution in [0.1, 0.15) is 16.1 Å². The SMILES string of the molecule is O=C(O)Cn1c(O)c(/C=C/C=C/C=c2\ccc3c(c2)C(=O)/C(=C2/N=c4ccccc4=CC2=O)C=3O)n(CC(=O)O)c1=S. The van der Waals surface area contributed by atoms with E-state index in [1.165, 1.54) is 18.2 Å². The van der Waals surface area contributed by atoms with Crippen molar-refractivity contribution in [2.45, 2.75) is 13.1 Å². The summed E-state index contributed by atoms with van der Waals surface area (Å²) in [5.41, 5.74) is -0.0370. The summed E-state index contributed by atoms with van der Waals surface area (Å²) < 4.78 is 1.86. The zero-order valence-electron chi connectivity index (χ0n) is 21.6. The summed E-state index contributed by atoms with van der Waals surface area (Å²) >= 11 is 5.14. The summed E-state index contributed by atoms with van der Waals surface area (Å²) in [6, 6.07) is 11.8. The normalized spacial score (nSPS) is 16.6. The minimum atomic E-state index is -1.26. The zero-order valence-corrected chi connectivity index (χ0v) is 22.4. The first-order chi connectivity index (χ1) is 20.1. The van der Waals surface area contributed by atoms with E-state index in [2.05, 4.69) is 4.99 Å². The number of ketones is 2. The van der Waals surface area contributed by atoms with Gasteiger partial charge in [-0.1, -0.05) is 48.6 Å². The van der Waals surface area contributed by atoms with Gasteiger partial charge in [-0.05, 0) is 47.8 Å². The number of para-hydroxylation sites is 1. The zero-order chi connectivity index (χ0) is 30.1. The molecule has 0 bridgehead atoms. The lowest BCUT2D eigenvalue weighted by Gasteiger charge is -2.07. The number of aromatic nitrogens is 2. The second kappa shape index (κ2) is 11.1. The highest BCUT2D eigenvalue weighted by molar-refractivity contribution is 7.71. The van der Waals surface area contributed by atoms with E-state index in [0.29, 0.717) is 15.8 Å². The molecule has 4 N–H and O–H groups in total. The number of allylic oxidation sites excluding steroid dienone is 4. The van der Waals surface area contributed by atoms with E-state index in [4.69, 9.17) is 17.3 Å². The van der Waals surface area contributed by atoms with Gasteiger partial charge in [-0.25, -0.2) is 4.99 Å². The summed E-state index contributed by atoms with van der Waals surface area (Å²) in [4.78, 5) is 52.7. The molecule has 3 aromatic rings. The number of rotatable bonds is 7. The van der Waals surface area contributed by atoms with Crippen LogP contribution in [0.15, 0.2) is 77.0 Å². The summed E-state index contributed by atoms with van der Waals surface area (Å²) in [7, 11) is 0. The number of hydrogen-bond donors (Lipinski definition) is 4. The smallest absolute Gasteiger partial charge is 0.323 e. The van der Waals surface area contributed by atoms with Crippen molar-refractivity contribution in [3.8, 4) is 5.88 Å². The fourth-order valence-electron chi connectivity index (χ4n) is 4.64. The first-order valence-electron chi connectivity index (χ1n) is 12.4. The lowest BCUT2D eigenvalue weighted by molar-refractivity contribution is -0.138. The number of imidazole rings is 1. The van der Waals surface area contributed by atoms with Crippen molar-refractivity contribution in [2.24, 2.45) is 4.99 Å². The number of carboxylic acid groups (broad SMARTS) is 2. The van der Waals surface area contributed by atoms with E-state index in [-0.39, 0.29) is 38.3 Å². The molecule has 2 aromatic carbocycles. The highest BCUT2D eigenvalue weighted by atomic mass is 32.1. The number of fused-ring (bicyclic) bond motifs is 2. The molecule has 0 fully saturated rings. The van der Waals surface area contributed by atoms with Gasteiger partial charge in [0.1, 0.15) is 30.2 Å². The lowest BCUT2D eigenvalue weighted by Crippen LogP contribution is -2.30. The second-order valence-electron chi connectivity index (χ2n) is 9.25. The molecule has 1 aromatic heterocycles. The molecule has 2 aliphatic rings. The van der Waals surface area contributed by atoms with E-state index in [1.807, 2.05) is 0 Å². The standard InChI is InChI=1S/C30H21N3O8S/c34-22-13-17-7-4-5-8-20(17)31-26(22)25-27(39)18-11-10-16(12-19(18)28(25)40)6-2-1-3-9-21-29(41)33(15-24(37)38)30(42)32(21)14-23(35)36/h1-13,39,41H,14-15H2,(H,35,36)(H,37,38)/b2-1+,9-3+,16-6+,26-25+. The number of hydrogen-bond acceptors (Lipinski definition) is 8. The summed E-state index contributed by atoms with van der Waals surface area (Å²) in [6.07, 6.45) is 9.11. The Morgan fingerprint density at radius 3 is 2.38 bits per heavy atom. The Morgan fingerprint density at radius 2 is 1.64 bits per heavy atom. The number of Topliss-reactive ketones (excluding diaryl/α,β-unsaturated/α-hetero) is 2. The van der Waals surface area contributed by atoms with Gasteiger partial charge in [0.25, 0.3) is 0 Å². The van der Waals surface area contributed by atoms with Crippen LogP contribution in [0.5, 0.6) is 5.88 Å². The third-order valence-electron chi connectivity index (χ3n) is 6.52. The van der Waals surface area contributed by atoms with Gasteiger partial charge in [0, 0.05) is 16.0 Å². The predicted molar refractivity (Wildman–Crippen MR) is 153 cm³/mol. The Labute approximate surface area is 241 Å². The predicted octanol–water partition coefficient (Wildman–Crippen LogP) is 0.744. The van der Waals surface area contributed by atoms with Gasteiger partial charge in [-0.15, -0.1) is 0 Å². The molecule has 5 rings (SSSR count). The van der Waals surface area contributed by atoms with Gasteiger partial charge in [-0.2, -0.15) is 0 Å². The molecule has 0 atom stereocenters. The molecular formula is C30H21N3O8S. The minimum absolute atomic E-state index is 0.0190. The van der Waals surface area contributed by atoms with Crippen LogP contribution >= 0.6 is 12.2 Å². The quantitative estimate of drug-likeness (QED) is 0.178. The van der Waals surface area contributed by atoms with Crippen molar-refractivity contribution >= 4 is 59.7 Å². The Hall–Kier alpha value is -5.62. The van der Waals surface area contributed by atoms with Crippen LogP contribution in [-0.4, -0.2) is 53.1 Å². The maximum atomic E-state index is 13.3. The van der Waals surface area contributed by atoms with Crippen molar-refractivity contribution in [1.82, 2.24) is 9.13 Å². The van der Waals surface area contributed by atoms with Crippen molar-refractivity contribution in [2.75, 3.05) is 0 Å². The van der Waals surface area contributed by atoms with E-state index in [0.717, 1.165) is 9.13 Å². The summed E-state index contributed by atoms with van der Waals surface area (Å²) in [5.74, 6) is -4.29. The van der Waals surface area contributed by atoms with Crippen LogP contribution in [0.3, 0.4) is 0 Å². The third kappa shape index (κ3) is 5.13. The molecule has 0 amide bonds. The first-order valence-corrected chi connectivity index (χ1v) is 12.8. The van der Waals surface area contributed by atoms with Crippen LogP contribution in [0.2, 0.25) is 0 Å². The number of nitrogens with zero attached hydrogens (tertiary/aromatic N) is 3. The minimum Gasteiger partial charge on any atom is -0.506 e. The van der Waals surface area contributed by atoms with Crippen molar-refractivity contribution in [3.05, 3.63) is 109 Å². The van der Waals surface area contributed by atoms with Crippen LogP contribution in [0.25, 0.3) is 24.0 Å². The number of carboxylic acids is 2. The van der Waals surface area contributed by atoms with Gasteiger partial charge in [0.15, 0.2) is 10.6 Å². The molecule has 0 saturated carbocycles. The second-order valence-corrected chi connectivity index (χ2v) is 9.61. The van der Waals surface area contributed by atoms with Gasteiger partial charge < -0.3 is 25.0 Å². The number of aliphatic hydroxyl groups excluding tert-OH is 1. The number of carbonyl (C=O) groups excluding carboxylic acids is 2.